The van der Waals surface area contributed by atoms with Gasteiger partial charge < -0.3 is 0 Å². The fourth-order valence-electron chi connectivity index (χ4n) is 3.68. The Morgan fingerprint density at radius 1 is 1.29 bits per heavy atom. The van der Waals surface area contributed by atoms with Gasteiger partial charge in [0.15, 0.2) is 5.83 Å². The molecule has 1 N–H and O–H groups in total. The quantitative estimate of drug-likeness (QED) is 0.676. The van der Waals surface area contributed by atoms with Crippen molar-refractivity contribution < 1.29 is 8.78 Å². The summed E-state index contributed by atoms with van der Waals surface area (Å²) in [5.41, 5.74) is 3.77. The molecule has 0 fully saturated rings. The number of rotatable bonds is 6. The van der Waals surface area contributed by atoms with Gasteiger partial charge in [0, 0.05) is 18.2 Å². The highest BCUT2D eigenvalue weighted by Gasteiger charge is 2.28. The van der Waals surface area contributed by atoms with E-state index in [0.29, 0.717) is 5.92 Å². The molecular formula is C20H24F2N2. The van der Waals surface area contributed by atoms with E-state index in [2.05, 4.69) is 29.3 Å². The number of aromatic amines is 1. The molecule has 0 saturated heterocycles. The Morgan fingerprint density at radius 2 is 2.17 bits per heavy atom. The lowest BCUT2D eigenvalue weighted by molar-refractivity contribution is 0.360. The molecule has 1 aromatic heterocycles. The van der Waals surface area contributed by atoms with Crippen molar-refractivity contribution in [2.75, 3.05) is 0 Å². The van der Waals surface area contributed by atoms with Crippen LogP contribution in [-0.4, -0.2) is 10.2 Å². The molecule has 2 aliphatic carbocycles. The Balaban J connectivity index is 1.78. The Labute approximate surface area is 142 Å². The molecule has 0 radical (unpaired) electrons. The van der Waals surface area contributed by atoms with E-state index in [4.69, 9.17) is 0 Å². The van der Waals surface area contributed by atoms with Crippen molar-refractivity contribution >= 4 is 5.57 Å². The fraction of sp³-hybridized carbons (Fsp3) is 0.450. The fourth-order valence-corrected chi connectivity index (χ4v) is 3.68. The highest BCUT2D eigenvalue weighted by molar-refractivity contribution is 5.67. The lowest BCUT2D eigenvalue weighted by atomic mass is 9.75. The molecule has 2 nitrogen and oxygen atoms in total. The van der Waals surface area contributed by atoms with Gasteiger partial charge in [-0.1, -0.05) is 43.6 Å². The van der Waals surface area contributed by atoms with Gasteiger partial charge in [0.2, 0.25) is 0 Å². The maximum atomic E-state index is 13.7. The third kappa shape index (κ3) is 3.74. The van der Waals surface area contributed by atoms with E-state index in [0.717, 1.165) is 37.7 Å². The minimum Gasteiger partial charge on any atom is -0.285 e. The van der Waals surface area contributed by atoms with Crippen molar-refractivity contribution in [2.45, 2.75) is 45.4 Å². The number of hydrogen-bond donors (Lipinski definition) is 1. The van der Waals surface area contributed by atoms with Gasteiger partial charge in [0.1, 0.15) is 5.83 Å². The highest BCUT2D eigenvalue weighted by Crippen LogP contribution is 2.40. The molecule has 1 heterocycles. The molecule has 0 amide bonds. The standard InChI is InChI=1S/C20H24F2N2/c1-2-3-4-18(16-9-10-19(21)20(22)11-16)15-7-5-14(6-8-15)17-12-23-24-13-17/h5,7,9-10,12-13,16,18H,2-4,6,8,11H2,1H3,(H,23,24). The Morgan fingerprint density at radius 3 is 2.79 bits per heavy atom. The van der Waals surface area contributed by atoms with E-state index in [9.17, 15) is 8.78 Å². The molecule has 0 aromatic carbocycles. The molecule has 2 aliphatic rings. The summed E-state index contributed by atoms with van der Waals surface area (Å²) >= 11 is 0. The first kappa shape index (κ1) is 16.9. The van der Waals surface area contributed by atoms with Crippen LogP contribution in [0.4, 0.5) is 8.78 Å². The van der Waals surface area contributed by atoms with Crippen LogP contribution in [-0.2, 0) is 0 Å². The number of aromatic nitrogens is 2. The molecular weight excluding hydrogens is 306 g/mol. The molecule has 2 unspecified atom stereocenters. The van der Waals surface area contributed by atoms with Crippen LogP contribution in [0, 0.1) is 11.8 Å². The van der Waals surface area contributed by atoms with E-state index in [1.807, 2.05) is 18.5 Å². The summed E-state index contributed by atoms with van der Waals surface area (Å²) in [5, 5.41) is 6.85. The molecule has 24 heavy (non-hydrogen) atoms. The number of allylic oxidation sites excluding steroid dienone is 8. The molecule has 3 rings (SSSR count). The molecule has 0 saturated carbocycles. The lowest BCUT2D eigenvalue weighted by Gasteiger charge is -2.30. The van der Waals surface area contributed by atoms with Gasteiger partial charge in [-0.2, -0.15) is 5.10 Å². The SMILES string of the molecule is CCCCC(C1=CC=C(c2cn[nH]c2)CC1)C1C=CC(F)=C(F)C1. The zero-order valence-corrected chi connectivity index (χ0v) is 14.1. The summed E-state index contributed by atoms with van der Waals surface area (Å²) in [5.74, 6) is -0.955. The molecule has 128 valence electrons. The normalized spacial score (nSPS) is 22.4. The largest absolute Gasteiger partial charge is 0.285 e. The van der Waals surface area contributed by atoms with Crippen molar-refractivity contribution in [3.8, 4) is 0 Å². The second-order valence-corrected chi connectivity index (χ2v) is 6.65. The first-order valence-corrected chi connectivity index (χ1v) is 8.80. The summed E-state index contributed by atoms with van der Waals surface area (Å²) in [6.45, 7) is 2.17. The van der Waals surface area contributed by atoms with Crippen LogP contribution in [0.3, 0.4) is 0 Å². The summed E-state index contributed by atoms with van der Waals surface area (Å²) in [6.07, 6.45) is 16.6. The van der Waals surface area contributed by atoms with Crippen LogP contribution in [0.25, 0.3) is 5.57 Å². The molecule has 1 aromatic rings. The number of unbranched alkanes of at least 4 members (excludes halogenated alkanes) is 1. The Kier molecular flexibility index (Phi) is 5.44. The average molecular weight is 330 g/mol. The second kappa shape index (κ2) is 7.73. The zero-order chi connectivity index (χ0) is 16.9. The maximum absolute atomic E-state index is 13.7. The molecule has 0 aliphatic heterocycles. The van der Waals surface area contributed by atoms with Gasteiger partial charge in [-0.15, -0.1) is 0 Å². The minimum absolute atomic E-state index is 0.0613. The zero-order valence-electron chi connectivity index (χ0n) is 14.1. The second-order valence-electron chi connectivity index (χ2n) is 6.65. The highest BCUT2D eigenvalue weighted by atomic mass is 19.2. The van der Waals surface area contributed by atoms with Gasteiger partial charge in [-0.25, -0.2) is 8.78 Å². The number of nitrogens with zero attached hydrogens (tertiary/aromatic N) is 1. The van der Waals surface area contributed by atoms with E-state index < -0.39 is 11.7 Å². The first-order valence-electron chi connectivity index (χ1n) is 8.80. The summed E-state index contributed by atoms with van der Waals surface area (Å²) in [4.78, 5) is 0. The lowest BCUT2D eigenvalue weighted by Crippen LogP contribution is -2.19. The number of H-pyrrole nitrogens is 1. The molecule has 0 bridgehead atoms. The van der Waals surface area contributed by atoms with Gasteiger partial charge in [-0.05, 0) is 42.7 Å². The Bertz CT molecular complexity index is 681. The van der Waals surface area contributed by atoms with Gasteiger partial charge in [-0.3, -0.25) is 5.10 Å². The van der Waals surface area contributed by atoms with Crippen molar-refractivity contribution in [3.05, 3.63) is 59.5 Å². The van der Waals surface area contributed by atoms with E-state index in [1.165, 1.54) is 17.2 Å². The van der Waals surface area contributed by atoms with Gasteiger partial charge >= 0.3 is 0 Å². The predicted molar refractivity (Wildman–Crippen MR) is 93.4 cm³/mol. The third-order valence-electron chi connectivity index (χ3n) is 5.08. The molecule has 2 atom stereocenters. The van der Waals surface area contributed by atoms with Crippen LogP contribution < -0.4 is 0 Å². The topological polar surface area (TPSA) is 28.7 Å². The van der Waals surface area contributed by atoms with Crippen LogP contribution in [0.15, 0.2) is 53.9 Å². The smallest absolute Gasteiger partial charge is 0.154 e. The molecule has 0 spiro atoms. The van der Waals surface area contributed by atoms with Crippen LogP contribution >= 0.6 is 0 Å². The third-order valence-corrected chi connectivity index (χ3v) is 5.08. The summed E-state index contributed by atoms with van der Waals surface area (Å²) in [7, 11) is 0. The van der Waals surface area contributed by atoms with Crippen LogP contribution in [0.2, 0.25) is 0 Å². The molecule has 4 heteroatoms. The monoisotopic (exact) mass is 330 g/mol. The van der Waals surface area contributed by atoms with Crippen molar-refractivity contribution in [1.29, 1.82) is 0 Å². The summed E-state index contributed by atoms with van der Waals surface area (Å²) < 4.78 is 27.0. The minimum atomic E-state index is -0.708. The maximum Gasteiger partial charge on any atom is 0.154 e. The van der Waals surface area contributed by atoms with Crippen molar-refractivity contribution in [3.63, 3.8) is 0 Å². The number of nitrogens with one attached hydrogen (secondary N) is 1. The van der Waals surface area contributed by atoms with Crippen molar-refractivity contribution in [2.24, 2.45) is 11.8 Å². The average Bonchev–Trinajstić information content (AvgIpc) is 3.13. The van der Waals surface area contributed by atoms with Crippen LogP contribution in [0.1, 0.15) is 51.0 Å². The van der Waals surface area contributed by atoms with Gasteiger partial charge in [0.25, 0.3) is 0 Å². The van der Waals surface area contributed by atoms with E-state index in [-0.39, 0.29) is 12.3 Å². The van der Waals surface area contributed by atoms with Crippen molar-refractivity contribution in [1.82, 2.24) is 10.2 Å². The van der Waals surface area contributed by atoms with E-state index in [1.54, 1.807) is 0 Å². The Hall–Kier alpha value is -1.97. The van der Waals surface area contributed by atoms with E-state index >= 15 is 0 Å². The van der Waals surface area contributed by atoms with Crippen LogP contribution in [0.5, 0.6) is 0 Å². The summed E-state index contributed by atoms with van der Waals surface area (Å²) in [6, 6.07) is 0. The number of hydrogen-bond acceptors (Lipinski definition) is 1. The number of halogens is 2. The first-order chi connectivity index (χ1) is 11.7. The predicted octanol–water partition coefficient (Wildman–Crippen LogP) is 6.05. The van der Waals surface area contributed by atoms with Gasteiger partial charge in [0.05, 0.1) is 6.20 Å².